The van der Waals surface area contributed by atoms with Crippen molar-refractivity contribution in [2.75, 3.05) is 18.0 Å². The van der Waals surface area contributed by atoms with Gasteiger partial charge in [0, 0.05) is 24.0 Å². The van der Waals surface area contributed by atoms with Gasteiger partial charge in [0.2, 0.25) is 11.8 Å². The van der Waals surface area contributed by atoms with Gasteiger partial charge in [0.15, 0.2) is 0 Å². The largest absolute Gasteiger partial charge is 0.495 e. The Morgan fingerprint density at radius 1 is 0.854 bits per heavy atom. The second-order valence-corrected chi connectivity index (χ2v) is 14.5. The average Bonchev–Trinajstić information content (AvgIpc) is 3.10. The molecule has 4 aromatic rings. The molecule has 0 aromatic heterocycles. The number of halogens is 2. The van der Waals surface area contributed by atoms with Crippen molar-refractivity contribution >= 4 is 50.7 Å². The molecule has 11 heteroatoms. The molecule has 8 nitrogen and oxygen atoms in total. The van der Waals surface area contributed by atoms with Gasteiger partial charge in [-0.3, -0.25) is 13.9 Å². The number of carbonyl (C=O) groups is 2. The maximum atomic E-state index is 14.7. The molecule has 1 unspecified atom stereocenters. The highest BCUT2D eigenvalue weighted by molar-refractivity contribution is 7.92. The van der Waals surface area contributed by atoms with Gasteiger partial charge in [-0.05, 0) is 60.4 Å². The second kappa shape index (κ2) is 16.4. The van der Waals surface area contributed by atoms with Crippen LogP contribution in [0.3, 0.4) is 0 Å². The first-order valence-electron chi connectivity index (χ1n) is 16.0. The van der Waals surface area contributed by atoms with Gasteiger partial charge in [-0.2, -0.15) is 0 Å². The lowest BCUT2D eigenvalue weighted by atomic mass is 9.94. The maximum Gasteiger partial charge on any atom is 0.264 e. The number of nitrogens with zero attached hydrogens (tertiary/aromatic N) is 2. The molecule has 2 amide bonds. The zero-order chi connectivity index (χ0) is 34.1. The van der Waals surface area contributed by atoms with Crippen LogP contribution in [0, 0.1) is 0 Å². The number of amides is 2. The SMILES string of the molecule is COc1ccc(N(CC(=O)N(Cc2ccccc2Cl)C(Cc2ccccc2)C(=O)NC2CCCCC2)S(=O)(=O)c2ccccc2)cc1Cl. The highest BCUT2D eigenvalue weighted by Crippen LogP contribution is 2.32. The number of anilines is 1. The molecule has 0 bridgehead atoms. The highest BCUT2D eigenvalue weighted by Gasteiger charge is 2.36. The fraction of sp³-hybridized carbons (Fsp3) is 0.297. The molecule has 4 aromatic carbocycles. The molecule has 48 heavy (non-hydrogen) atoms. The Kier molecular flexibility index (Phi) is 12.0. The monoisotopic (exact) mass is 707 g/mol. The van der Waals surface area contributed by atoms with E-state index in [1.54, 1.807) is 42.5 Å². The van der Waals surface area contributed by atoms with Crippen molar-refractivity contribution in [2.45, 2.75) is 62.0 Å². The van der Waals surface area contributed by atoms with Gasteiger partial charge in [0.25, 0.3) is 10.0 Å². The van der Waals surface area contributed by atoms with Crippen LogP contribution in [-0.4, -0.2) is 50.9 Å². The molecule has 5 rings (SSSR count). The van der Waals surface area contributed by atoms with Crippen molar-refractivity contribution in [3.05, 3.63) is 124 Å². The second-order valence-electron chi connectivity index (χ2n) is 11.8. The third-order valence-electron chi connectivity index (χ3n) is 8.55. The average molecular weight is 709 g/mol. The molecule has 0 heterocycles. The smallest absolute Gasteiger partial charge is 0.264 e. The molecular weight excluding hydrogens is 669 g/mol. The van der Waals surface area contributed by atoms with E-state index < -0.39 is 28.5 Å². The van der Waals surface area contributed by atoms with Crippen LogP contribution in [0.25, 0.3) is 0 Å². The zero-order valence-electron chi connectivity index (χ0n) is 26.7. The van der Waals surface area contributed by atoms with Gasteiger partial charge in [-0.25, -0.2) is 8.42 Å². The molecular formula is C37H39Cl2N3O5S. The number of sulfonamides is 1. The van der Waals surface area contributed by atoms with Crippen LogP contribution in [0.2, 0.25) is 10.0 Å². The van der Waals surface area contributed by atoms with E-state index in [0.717, 1.165) is 42.0 Å². The quantitative estimate of drug-likeness (QED) is 0.158. The van der Waals surface area contributed by atoms with E-state index in [0.29, 0.717) is 16.3 Å². The number of ether oxygens (including phenoxy) is 1. The summed E-state index contributed by atoms with van der Waals surface area (Å²) < 4.78 is 34.7. The van der Waals surface area contributed by atoms with Gasteiger partial charge in [0.05, 0.1) is 22.7 Å². The topological polar surface area (TPSA) is 96.0 Å². The molecule has 1 aliphatic carbocycles. The third-order valence-corrected chi connectivity index (χ3v) is 11.0. The Morgan fingerprint density at radius 2 is 1.50 bits per heavy atom. The third kappa shape index (κ3) is 8.69. The van der Waals surface area contributed by atoms with Crippen LogP contribution in [0.4, 0.5) is 5.69 Å². The molecule has 1 atom stereocenters. The predicted molar refractivity (Wildman–Crippen MR) is 190 cm³/mol. The molecule has 0 spiro atoms. The van der Waals surface area contributed by atoms with Crippen LogP contribution < -0.4 is 14.4 Å². The number of hydrogen-bond acceptors (Lipinski definition) is 5. The molecule has 1 saturated carbocycles. The van der Waals surface area contributed by atoms with Crippen LogP contribution in [-0.2, 0) is 32.6 Å². The van der Waals surface area contributed by atoms with Gasteiger partial charge >= 0.3 is 0 Å². The van der Waals surface area contributed by atoms with E-state index in [2.05, 4.69) is 5.32 Å². The molecule has 1 aliphatic rings. The molecule has 0 radical (unpaired) electrons. The van der Waals surface area contributed by atoms with Crippen molar-refractivity contribution in [3.8, 4) is 5.75 Å². The number of carbonyl (C=O) groups excluding carboxylic acids is 2. The molecule has 1 fully saturated rings. The summed E-state index contributed by atoms with van der Waals surface area (Å²) in [6.07, 6.45) is 5.11. The molecule has 252 valence electrons. The van der Waals surface area contributed by atoms with E-state index in [-0.39, 0.29) is 40.5 Å². The minimum atomic E-state index is -4.27. The van der Waals surface area contributed by atoms with Crippen LogP contribution >= 0.6 is 23.2 Å². The molecule has 0 saturated heterocycles. The summed E-state index contributed by atoms with van der Waals surface area (Å²) in [5, 5.41) is 3.81. The minimum absolute atomic E-state index is 0.00160. The zero-order valence-corrected chi connectivity index (χ0v) is 29.1. The standard InChI is InChI=1S/C37H39Cl2N3O5S/c1-47-35-22-21-30(24-33(35)39)42(48(45,46)31-18-9-4-10-19-31)26-36(43)41(25-28-15-11-12-20-32(28)38)34(23-27-13-5-2-6-14-27)37(44)40-29-16-7-3-8-17-29/h2,4-6,9-15,18-22,24,29,34H,3,7-8,16-17,23,25-26H2,1H3,(H,40,44). The van der Waals surface area contributed by atoms with Crippen LogP contribution in [0.1, 0.15) is 43.2 Å². The van der Waals surface area contributed by atoms with Crippen LogP contribution in [0.5, 0.6) is 5.75 Å². The summed E-state index contributed by atoms with van der Waals surface area (Å²) in [6, 6.07) is 28.0. The summed E-state index contributed by atoms with van der Waals surface area (Å²) in [7, 11) is -2.81. The lowest BCUT2D eigenvalue weighted by Gasteiger charge is -2.35. The number of nitrogens with one attached hydrogen (secondary N) is 1. The summed E-state index contributed by atoms with van der Waals surface area (Å²) >= 11 is 13.1. The Labute approximate surface area is 292 Å². The van der Waals surface area contributed by atoms with Crippen molar-refractivity contribution < 1.29 is 22.7 Å². The first kappa shape index (κ1) is 35.3. The van der Waals surface area contributed by atoms with E-state index >= 15 is 0 Å². The molecule has 1 N–H and O–H groups in total. The van der Waals surface area contributed by atoms with E-state index in [1.807, 2.05) is 36.4 Å². The Morgan fingerprint density at radius 3 is 2.15 bits per heavy atom. The Balaban J connectivity index is 1.58. The fourth-order valence-electron chi connectivity index (χ4n) is 5.97. The fourth-order valence-corrected chi connectivity index (χ4v) is 7.84. The van der Waals surface area contributed by atoms with Gasteiger partial charge in [-0.1, -0.05) is 109 Å². The van der Waals surface area contributed by atoms with Crippen molar-refractivity contribution in [1.82, 2.24) is 10.2 Å². The van der Waals surface area contributed by atoms with Crippen molar-refractivity contribution in [2.24, 2.45) is 0 Å². The number of rotatable bonds is 13. The summed E-state index contributed by atoms with van der Waals surface area (Å²) in [5.41, 5.74) is 1.65. The summed E-state index contributed by atoms with van der Waals surface area (Å²) in [4.78, 5) is 30.4. The lowest BCUT2D eigenvalue weighted by Crippen LogP contribution is -2.55. The lowest BCUT2D eigenvalue weighted by molar-refractivity contribution is -0.140. The normalized spacial score (nSPS) is 14.1. The molecule has 0 aliphatic heterocycles. The first-order chi connectivity index (χ1) is 23.2. The van der Waals surface area contributed by atoms with E-state index in [9.17, 15) is 18.0 Å². The van der Waals surface area contributed by atoms with Gasteiger partial charge < -0.3 is 15.0 Å². The number of methoxy groups -OCH3 is 1. The van der Waals surface area contributed by atoms with Crippen molar-refractivity contribution in [1.29, 1.82) is 0 Å². The number of benzene rings is 4. The van der Waals surface area contributed by atoms with Gasteiger partial charge in [-0.15, -0.1) is 0 Å². The Hall–Kier alpha value is -4.05. The first-order valence-corrected chi connectivity index (χ1v) is 18.2. The predicted octanol–water partition coefficient (Wildman–Crippen LogP) is 7.29. The van der Waals surface area contributed by atoms with Crippen molar-refractivity contribution in [3.63, 3.8) is 0 Å². The summed E-state index contributed by atoms with van der Waals surface area (Å²) in [5.74, 6) is -0.524. The minimum Gasteiger partial charge on any atom is -0.495 e. The van der Waals surface area contributed by atoms with E-state index in [1.165, 1.54) is 36.3 Å². The maximum absolute atomic E-state index is 14.7. The van der Waals surface area contributed by atoms with Gasteiger partial charge in [0.1, 0.15) is 18.3 Å². The highest BCUT2D eigenvalue weighted by atomic mass is 35.5. The number of hydrogen-bond donors (Lipinski definition) is 1. The summed E-state index contributed by atoms with van der Waals surface area (Å²) in [6.45, 7) is -0.622. The van der Waals surface area contributed by atoms with E-state index in [4.69, 9.17) is 27.9 Å². The Bertz CT molecular complexity index is 1800. The van der Waals surface area contributed by atoms with Crippen LogP contribution in [0.15, 0.2) is 108 Å².